The molecule has 1 heterocycles. The van der Waals surface area contributed by atoms with Crippen LogP contribution in [0.15, 0.2) is 78.9 Å². The second kappa shape index (κ2) is 11.1. The normalized spacial score (nSPS) is 15.0. The van der Waals surface area contributed by atoms with Crippen LogP contribution < -0.4 is 5.32 Å². The predicted octanol–water partition coefficient (Wildman–Crippen LogP) is 4.98. The molecule has 0 spiro atoms. The minimum atomic E-state index is -0.298. The molecule has 1 saturated heterocycles. The van der Waals surface area contributed by atoms with Crippen molar-refractivity contribution in [3.8, 4) is 0 Å². The highest BCUT2D eigenvalue weighted by atomic mass is 16.6. The molecular formula is C27H32N4O2. The van der Waals surface area contributed by atoms with E-state index in [1.807, 2.05) is 19.1 Å². The van der Waals surface area contributed by atoms with Gasteiger partial charge in [0.25, 0.3) is 5.69 Å². The van der Waals surface area contributed by atoms with Gasteiger partial charge in [-0.3, -0.25) is 15.0 Å². The fourth-order valence-corrected chi connectivity index (χ4v) is 4.64. The van der Waals surface area contributed by atoms with Gasteiger partial charge in [-0.2, -0.15) is 0 Å². The first-order valence-corrected chi connectivity index (χ1v) is 11.7. The molecule has 1 fully saturated rings. The zero-order valence-corrected chi connectivity index (χ0v) is 19.2. The molecule has 0 unspecified atom stereocenters. The molecule has 0 aromatic heterocycles. The number of hydrogen-bond donors (Lipinski definition) is 1. The molecule has 0 bridgehead atoms. The van der Waals surface area contributed by atoms with E-state index in [1.54, 1.807) is 6.07 Å². The van der Waals surface area contributed by atoms with Gasteiger partial charge in [0.15, 0.2) is 0 Å². The minimum Gasteiger partial charge on any atom is -0.380 e. The summed E-state index contributed by atoms with van der Waals surface area (Å²) in [5, 5.41) is 14.5. The van der Waals surface area contributed by atoms with Gasteiger partial charge in [-0.05, 0) is 36.1 Å². The van der Waals surface area contributed by atoms with Gasteiger partial charge >= 0.3 is 0 Å². The molecule has 0 aliphatic carbocycles. The van der Waals surface area contributed by atoms with Crippen molar-refractivity contribution >= 4 is 11.4 Å². The molecule has 3 aromatic carbocycles. The highest BCUT2D eigenvalue weighted by Crippen LogP contribution is 2.30. The SMILES string of the molecule is CCNc1ccc(CCN2CCN(C(c3ccccc3)c3ccccc3)CC2)cc1[N+](=O)[O-]. The van der Waals surface area contributed by atoms with Gasteiger partial charge in [0, 0.05) is 45.3 Å². The number of nitro groups is 1. The van der Waals surface area contributed by atoms with Gasteiger partial charge in [0.2, 0.25) is 0 Å². The zero-order chi connectivity index (χ0) is 23.0. The maximum Gasteiger partial charge on any atom is 0.292 e. The Labute approximate surface area is 196 Å². The summed E-state index contributed by atoms with van der Waals surface area (Å²) in [5.74, 6) is 0. The molecule has 4 rings (SSSR count). The average molecular weight is 445 g/mol. The lowest BCUT2D eigenvalue weighted by molar-refractivity contribution is -0.384. The van der Waals surface area contributed by atoms with Crippen LogP contribution in [0.4, 0.5) is 11.4 Å². The molecule has 0 atom stereocenters. The highest BCUT2D eigenvalue weighted by Gasteiger charge is 2.26. The van der Waals surface area contributed by atoms with E-state index in [0.29, 0.717) is 12.2 Å². The molecule has 3 aromatic rings. The van der Waals surface area contributed by atoms with Crippen molar-refractivity contribution in [1.29, 1.82) is 0 Å². The van der Waals surface area contributed by atoms with Gasteiger partial charge in [-0.1, -0.05) is 66.7 Å². The molecule has 1 aliphatic rings. The fraction of sp³-hybridized carbons (Fsp3) is 0.333. The first-order chi connectivity index (χ1) is 16.2. The van der Waals surface area contributed by atoms with Crippen LogP contribution in [0, 0.1) is 10.1 Å². The van der Waals surface area contributed by atoms with Crippen LogP contribution in [0.5, 0.6) is 0 Å². The topological polar surface area (TPSA) is 61.6 Å². The van der Waals surface area contributed by atoms with Crippen molar-refractivity contribution in [3.05, 3.63) is 106 Å². The second-order valence-electron chi connectivity index (χ2n) is 8.49. The number of nitrogens with zero attached hydrogens (tertiary/aromatic N) is 3. The number of anilines is 1. The third-order valence-corrected chi connectivity index (χ3v) is 6.35. The van der Waals surface area contributed by atoms with Gasteiger partial charge in [-0.15, -0.1) is 0 Å². The summed E-state index contributed by atoms with van der Waals surface area (Å²) in [6.45, 7) is 7.49. The van der Waals surface area contributed by atoms with Crippen LogP contribution in [-0.4, -0.2) is 54.0 Å². The second-order valence-corrected chi connectivity index (χ2v) is 8.49. The molecular weight excluding hydrogens is 412 g/mol. The summed E-state index contributed by atoms with van der Waals surface area (Å²) < 4.78 is 0. The van der Waals surface area contributed by atoms with E-state index < -0.39 is 0 Å². The van der Waals surface area contributed by atoms with E-state index in [0.717, 1.165) is 44.7 Å². The number of benzene rings is 3. The summed E-state index contributed by atoms with van der Waals surface area (Å²) in [6, 6.07) is 27.3. The lowest BCUT2D eigenvalue weighted by Crippen LogP contribution is -2.48. The molecule has 1 N–H and O–H groups in total. The number of rotatable bonds is 9. The van der Waals surface area contributed by atoms with E-state index in [1.165, 1.54) is 11.1 Å². The first kappa shape index (κ1) is 23.0. The Morgan fingerprint density at radius 3 is 2.06 bits per heavy atom. The zero-order valence-electron chi connectivity index (χ0n) is 19.2. The van der Waals surface area contributed by atoms with E-state index in [4.69, 9.17) is 0 Å². The van der Waals surface area contributed by atoms with Crippen LogP contribution in [0.1, 0.15) is 29.7 Å². The Bertz CT molecular complexity index is 995. The monoisotopic (exact) mass is 444 g/mol. The first-order valence-electron chi connectivity index (χ1n) is 11.7. The molecule has 6 heteroatoms. The van der Waals surface area contributed by atoms with Crippen LogP contribution in [0.25, 0.3) is 0 Å². The van der Waals surface area contributed by atoms with Crippen molar-refractivity contribution in [1.82, 2.24) is 9.80 Å². The Balaban J connectivity index is 1.38. The van der Waals surface area contributed by atoms with Gasteiger partial charge in [0.1, 0.15) is 5.69 Å². The quantitative estimate of drug-likeness (QED) is 0.373. The minimum absolute atomic E-state index is 0.160. The largest absolute Gasteiger partial charge is 0.380 e. The van der Waals surface area contributed by atoms with Gasteiger partial charge in [0.05, 0.1) is 11.0 Å². The standard InChI is InChI=1S/C27H32N4O2/c1-2-28-25-14-13-22(21-26(25)31(32)33)15-16-29-17-19-30(20-18-29)27(23-9-5-3-6-10-23)24-11-7-4-8-12-24/h3-14,21,27-28H,2,15-20H2,1H3. The lowest BCUT2D eigenvalue weighted by Gasteiger charge is -2.39. The summed E-state index contributed by atoms with van der Waals surface area (Å²) in [6.07, 6.45) is 0.814. The molecule has 33 heavy (non-hydrogen) atoms. The van der Waals surface area contributed by atoms with Crippen LogP contribution in [-0.2, 0) is 6.42 Å². The van der Waals surface area contributed by atoms with Gasteiger partial charge < -0.3 is 10.2 Å². The summed E-state index contributed by atoms with van der Waals surface area (Å²) in [5.41, 5.74) is 4.41. The Morgan fingerprint density at radius 1 is 0.909 bits per heavy atom. The number of nitrogens with one attached hydrogen (secondary N) is 1. The van der Waals surface area contributed by atoms with Crippen molar-refractivity contribution in [2.75, 3.05) is 44.6 Å². The maximum atomic E-state index is 11.4. The van der Waals surface area contributed by atoms with Crippen molar-refractivity contribution in [2.45, 2.75) is 19.4 Å². The summed E-state index contributed by atoms with van der Waals surface area (Å²) in [4.78, 5) is 16.2. The lowest BCUT2D eigenvalue weighted by atomic mass is 9.96. The molecule has 0 amide bonds. The molecule has 172 valence electrons. The fourth-order valence-electron chi connectivity index (χ4n) is 4.64. The number of hydrogen-bond acceptors (Lipinski definition) is 5. The Kier molecular flexibility index (Phi) is 7.70. The van der Waals surface area contributed by atoms with Crippen LogP contribution >= 0.6 is 0 Å². The summed E-state index contributed by atoms with van der Waals surface area (Å²) >= 11 is 0. The van der Waals surface area contributed by atoms with E-state index >= 15 is 0 Å². The van der Waals surface area contributed by atoms with Crippen molar-refractivity contribution in [2.24, 2.45) is 0 Å². The highest BCUT2D eigenvalue weighted by molar-refractivity contribution is 5.62. The van der Waals surface area contributed by atoms with Crippen LogP contribution in [0.2, 0.25) is 0 Å². The third kappa shape index (κ3) is 5.78. The average Bonchev–Trinajstić information content (AvgIpc) is 2.86. The summed E-state index contributed by atoms with van der Waals surface area (Å²) in [7, 11) is 0. The maximum absolute atomic E-state index is 11.4. The van der Waals surface area contributed by atoms with E-state index in [-0.39, 0.29) is 16.7 Å². The molecule has 0 radical (unpaired) electrons. The third-order valence-electron chi connectivity index (χ3n) is 6.35. The molecule has 1 aliphatic heterocycles. The van der Waals surface area contributed by atoms with Gasteiger partial charge in [-0.25, -0.2) is 0 Å². The van der Waals surface area contributed by atoms with Crippen molar-refractivity contribution in [3.63, 3.8) is 0 Å². The van der Waals surface area contributed by atoms with Crippen molar-refractivity contribution < 1.29 is 4.92 Å². The smallest absolute Gasteiger partial charge is 0.292 e. The molecule has 6 nitrogen and oxygen atoms in total. The molecule has 0 saturated carbocycles. The number of piperazine rings is 1. The van der Waals surface area contributed by atoms with E-state index in [2.05, 4.69) is 75.8 Å². The predicted molar refractivity (Wildman–Crippen MR) is 134 cm³/mol. The number of nitro benzene ring substituents is 1. The van der Waals surface area contributed by atoms with E-state index in [9.17, 15) is 10.1 Å². The van der Waals surface area contributed by atoms with Crippen LogP contribution in [0.3, 0.4) is 0 Å². The Morgan fingerprint density at radius 2 is 1.52 bits per heavy atom. The Hall–Kier alpha value is -3.22.